The van der Waals surface area contributed by atoms with Crippen LogP contribution in [-0.4, -0.2) is 10.2 Å². The summed E-state index contributed by atoms with van der Waals surface area (Å²) in [6, 6.07) is 8.16. The second-order valence-corrected chi connectivity index (χ2v) is 3.53. The Morgan fingerprint density at radius 3 is 2.60 bits per heavy atom. The van der Waals surface area contributed by atoms with Crippen LogP contribution >= 0.6 is 11.6 Å². The second-order valence-electron chi connectivity index (χ2n) is 3.17. The van der Waals surface area contributed by atoms with Crippen molar-refractivity contribution >= 4 is 11.6 Å². The van der Waals surface area contributed by atoms with Gasteiger partial charge in [0.05, 0.1) is 5.69 Å². The highest BCUT2D eigenvalue weighted by atomic mass is 35.5. The zero-order valence-corrected chi connectivity index (χ0v) is 8.79. The van der Waals surface area contributed by atoms with Crippen LogP contribution in [0.2, 0.25) is 5.15 Å². The molecule has 0 N–H and O–H groups in total. The third-order valence-electron chi connectivity index (χ3n) is 2.04. The van der Waals surface area contributed by atoms with Crippen LogP contribution in [0.5, 0.6) is 0 Å². The monoisotopic (exact) mass is 222 g/mol. The summed E-state index contributed by atoms with van der Waals surface area (Å²) in [5, 5.41) is 7.75. The Hall–Kier alpha value is -1.48. The van der Waals surface area contributed by atoms with E-state index < -0.39 is 0 Å². The minimum absolute atomic E-state index is 0.214. The molecule has 4 heteroatoms. The molecule has 0 unspecified atom stereocenters. The van der Waals surface area contributed by atoms with Crippen molar-refractivity contribution in [1.29, 1.82) is 0 Å². The molecule has 0 bridgehead atoms. The van der Waals surface area contributed by atoms with Gasteiger partial charge in [-0.2, -0.15) is 5.10 Å². The van der Waals surface area contributed by atoms with Gasteiger partial charge in [-0.15, -0.1) is 5.10 Å². The van der Waals surface area contributed by atoms with Crippen molar-refractivity contribution in [3.8, 4) is 11.1 Å². The van der Waals surface area contributed by atoms with Crippen molar-refractivity contribution in [3.05, 3.63) is 47.0 Å². The van der Waals surface area contributed by atoms with Gasteiger partial charge >= 0.3 is 0 Å². The predicted octanol–water partition coefficient (Wildman–Crippen LogP) is 3.24. The number of aromatic nitrogens is 2. The average molecular weight is 223 g/mol. The zero-order valence-electron chi connectivity index (χ0n) is 8.04. The first-order valence-electron chi connectivity index (χ1n) is 4.43. The summed E-state index contributed by atoms with van der Waals surface area (Å²) in [6.07, 6.45) is 0. The molecule has 1 heterocycles. The molecule has 0 aliphatic rings. The largest absolute Gasteiger partial charge is 0.206 e. The Bertz CT molecular complexity index is 500. The van der Waals surface area contributed by atoms with Crippen LogP contribution < -0.4 is 0 Å². The fourth-order valence-corrected chi connectivity index (χ4v) is 1.54. The number of hydrogen-bond donors (Lipinski definition) is 0. The quantitative estimate of drug-likeness (QED) is 0.740. The van der Waals surface area contributed by atoms with Crippen molar-refractivity contribution in [2.45, 2.75) is 6.92 Å². The van der Waals surface area contributed by atoms with E-state index in [0.29, 0.717) is 16.8 Å². The lowest BCUT2D eigenvalue weighted by molar-refractivity contribution is 0.631. The van der Waals surface area contributed by atoms with Crippen LogP contribution in [0.25, 0.3) is 11.1 Å². The van der Waals surface area contributed by atoms with Crippen molar-refractivity contribution < 1.29 is 4.39 Å². The summed E-state index contributed by atoms with van der Waals surface area (Å²) >= 11 is 5.86. The van der Waals surface area contributed by atoms with Crippen molar-refractivity contribution in [2.75, 3.05) is 0 Å². The number of hydrogen-bond acceptors (Lipinski definition) is 2. The standard InChI is InChI=1S/C11H8ClFN2/c1-7-6-9(11(12)15-14-7)8-4-2-3-5-10(8)13/h2-6H,1H3. The van der Waals surface area contributed by atoms with E-state index in [1.54, 1.807) is 31.2 Å². The highest BCUT2D eigenvalue weighted by Gasteiger charge is 2.09. The molecule has 2 nitrogen and oxygen atoms in total. The Morgan fingerprint density at radius 1 is 1.13 bits per heavy atom. The molecule has 15 heavy (non-hydrogen) atoms. The van der Waals surface area contributed by atoms with Gasteiger partial charge in [-0.3, -0.25) is 0 Å². The first-order chi connectivity index (χ1) is 7.18. The first-order valence-corrected chi connectivity index (χ1v) is 4.81. The van der Waals surface area contributed by atoms with Gasteiger partial charge in [-0.1, -0.05) is 29.8 Å². The molecular formula is C11H8ClFN2. The molecule has 0 atom stereocenters. The highest BCUT2D eigenvalue weighted by Crippen LogP contribution is 2.27. The number of benzene rings is 1. The maximum Gasteiger partial charge on any atom is 0.159 e. The molecule has 0 amide bonds. The molecule has 0 radical (unpaired) electrons. The average Bonchev–Trinajstić information content (AvgIpc) is 2.23. The Kier molecular flexibility index (Phi) is 2.64. The minimum Gasteiger partial charge on any atom is -0.206 e. The number of rotatable bonds is 1. The van der Waals surface area contributed by atoms with Crippen LogP contribution in [-0.2, 0) is 0 Å². The predicted molar refractivity (Wildman–Crippen MR) is 57.2 cm³/mol. The van der Waals surface area contributed by atoms with Crippen molar-refractivity contribution in [1.82, 2.24) is 10.2 Å². The second kappa shape index (κ2) is 3.95. The molecule has 2 rings (SSSR count). The van der Waals surface area contributed by atoms with Crippen molar-refractivity contribution in [2.24, 2.45) is 0 Å². The van der Waals surface area contributed by atoms with Crippen LogP contribution in [0.15, 0.2) is 30.3 Å². The molecule has 0 saturated heterocycles. The summed E-state index contributed by atoms with van der Waals surface area (Å²) < 4.78 is 13.5. The zero-order chi connectivity index (χ0) is 10.8. The van der Waals surface area contributed by atoms with Gasteiger partial charge in [0.15, 0.2) is 5.15 Å². The van der Waals surface area contributed by atoms with Gasteiger partial charge in [-0.25, -0.2) is 4.39 Å². The van der Waals surface area contributed by atoms with Crippen LogP contribution in [0, 0.1) is 12.7 Å². The molecule has 76 valence electrons. The van der Waals surface area contributed by atoms with Gasteiger partial charge in [0.1, 0.15) is 5.82 Å². The smallest absolute Gasteiger partial charge is 0.159 e. The van der Waals surface area contributed by atoms with Gasteiger partial charge in [0.2, 0.25) is 0 Å². The van der Waals surface area contributed by atoms with Gasteiger partial charge in [-0.05, 0) is 19.1 Å². The van der Waals surface area contributed by atoms with E-state index in [-0.39, 0.29) is 11.0 Å². The van der Waals surface area contributed by atoms with E-state index in [9.17, 15) is 4.39 Å². The summed E-state index contributed by atoms with van der Waals surface area (Å²) in [5.74, 6) is -0.313. The Balaban J connectivity index is 2.64. The molecule has 1 aromatic heterocycles. The fraction of sp³-hybridized carbons (Fsp3) is 0.0909. The van der Waals surface area contributed by atoms with Gasteiger partial charge in [0.25, 0.3) is 0 Å². The lowest BCUT2D eigenvalue weighted by Crippen LogP contribution is -1.92. The van der Waals surface area contributed by atoms with Gasteiger partial charge in [0, 0.05) is 11.1 Å². The Morgan fingerprint density at radius 2 is 1.87 bits per heavy atom. The molecule has 2 aromatic rings. The van der Waals surface area contributed by atoms with Crippen LogP contribution in [0.4, 0.5) is 4.39 Å². The summed E-state index contributed by atoms with van der Waals surface area (Å²) in [4.78, 5) is 0. The number of aryl methyl sites for hydroxylation is 1. The van der Waals surface area contributed by atoms with E-state index in [0.717, 1.165) is 0 Å². The third-order valence-corrected chi connectivity index (χ3v) is 2.31. The normalized spacial score (nSPS) is 10.3. The minimum atomic E-state index is -0.313. The number of halogens is 2. The van der Waals surface area contributed by atoms with E-state index >= 15 is 0 Å². The number of nitrogens with zero attached hydrogens (tertiary/aromatic N) is 2. The van der Waals surface area contributed by atoms with E-state index in [1.807, 2.05) is 0 Å². The lowest BCUT2D eigenvalue weighted by atomic mass is 10.1. The maximum absolute atomic E-state index is 13.5. The highest BCUT2D eigenvalue weighted by molar-refractivity contribution is 6.32. The van der Waals surface area contributed by atoms with Crippen molar-refractivity contribution in [3.63, 3.8) is 0 Å². The topological polar surface area (TPSA) is 25.8 Å². The molecule has 0 aliphatic heterocycles. The summed E-state index contributed by atoms with van der Waals surface area (Å²) in [5.41, 5.74) is 1.72. The van der Waals surface area contributed by atoms with E-state index in [2.05, 4.69) is 10.2 Å². The molecule has 0 spiro atoms. The molecule has 0 saturated carbocycles. The maximum atomic E-state index is 13.5. The van der Waals surface area contributed by atoms with Crippen LogP contribution in [0.3, 0.4) is 0 Å². The van der Waals surface area contributed by atoms with Gasteiger partial charge < -0.3 is 0 Å². The first kappa shape index (κ1) is 10.1. The molecule has 0 aliphatic carbocycles. The fourth-order valence-electron chi connectivity index (χ4n) is 1.34. The lowest BCUT2D eigenvalue weighted by Gasteiger charge is -2.04. The van der Waals surface area contributed by atoms with Crippen LogP contribution in [0.1, 0.15) is 5.69 Å². The summed E-state index contributed by atoms with van der Waals surface area (Å²) in [7, 11) is 0. The molecular weight excluding hydrogens is 215 g/mol. The molecule has 1 aromatic carbocycles. The molecule has 0 fully saturated rings. The van der Waals surface area contributed by atoms with E-state index in [4.69, 9.17) is 11.6 Å². The van der Waals surface area contributed by atoms with E-state index in [1.165, 1.54) is 6.07 Å². The third kappa shape index (κ3) is 1.97. The Labute approximate surface area is 91.7 Å². The summed E-state index contributed by atoms with van der Waals surface area (Å²) in [6.45, 7) is 1.79. The SMILES string of the molecule is Cc1cc(-c2ccccc2F)c(Cl)nn1.